The van der Waals surface area contributed by atoms with E-state index in [1.165, 1.54) is 28.4 Å². The van der Waals surface area contributed by atoms with Crippen molar-refractivity contribution in [2.24, 2.45) is 0 Å². The average Bonchev–Trinajstić information content (AvgIpc) is 3.24. The number of rotatable bonds is 6. The van der Waals surface area contributed by atoms with Crippen LogP contribution in [0.25, 0.3) is 11.5 Å². The molecule has 3 N–H and O–H groups in total. The number of anilines is 1. The van der Waals surface area contributed by atoms with Crippen LogP contribution in [0, 0.1) is 0 Å². The zero-order valence-electron chi connectivity index (χ0n) is 12.0. The molecule has 2 heterocycles. The first kappa shape index (κ1) is 15.2. The Morgan fingerprint density at radius 3 is 2.91 bits per heavy atom. The third-order valence-corrected chi connectivity index (χ3v) is 3.93. The molecule has 0 saturated carbocycles. The Kier molecular flexibility index (Phi) is 4.65. The zero-order chi connectivity index (χ0) is 16.1. The lowest BCUT2D eigenvalue weighted by atomic mass is 10.1. The molecular formula is C15H14N4O3S. The molecule has 8 heteroatoms. The molecule has 0 radical (unpaired) electrons. The maximum atomic E-state index is 11.2. The van der Waals surface area contributed by atoms with Crippen LogP contribution in [0.15, 0.2) is 46.3 Å². The zero-order valence-corrected chi connectivity index (χ0v) is 12.8. The summed E-state index contributed by atoms with van der Waals surface area (Å²) in [5.41, 5.74) is 3.34. The van der Waals surface area contributed by atoms with Gasteiger partial charge in [-0.15, -0.1) is 11.3 Å². The Morgan fingerprint density at radius 2 is 2.13 bits per heavy atom. The molecule has 0 aliphatic carbocycles. The first-order chi connectivity index (χ1) is 11.3. The SMILES string of the molecule is O=C(NO)c1cc(-c2csc(NCCc3ccccc3)n2)on1. The van der Waals surface area contributed by atoms with Crippen LogP contribution in [-0.4, -0.2) is 27.8 Å². The second-order valence-electron chi connectivity index (χ2n) is 4.72. The van der Waals surface area contributed by atoms with Crippen LogP contribution >= 0.6 is 11.3 Å². The lowest BCUT2D eigenvalue weighted by molar-refractivity contribution is 0.0696. The molecule has 3 rings (SSSR count). The van der Waals surface area contributed by atoms with Gasteiger partial charge in [0.05, 0.1) is 0 Å². The molecular weight excluding hydrogens is 316 g/mol. The quantitative estimate of drug-likeness (QED) is 0.474. The third-order valence-electron chi connectivity index (χ3n) is 3.13. The summed E-state index contributed by atoms with van der Waals surface area (Å²) in [7, 11) is 0. The van der Waals surface area contributed by atoms with Gasteiger partial charge < -0.3 is 9.84 Å². The number of carbonyl (C=O) groups is 1. The number of hydrogen-bond acceptors (Lipinski definition) is 7. The summed E-state index contributed by atoms with van der Waals surface area (Å²) in [5, 5.41) is 18.0. The maximum Gasteiger partial charge on any atom is 0.296 e. The van der Waals surface area contributed by atoms with Gasteiger partial charge in [0.25, 0.3) is 5.91 Å². The second kappa shape index (κ2) is 7.03. The van der Waals surface area contributed by atoms with Crippen molar-refractivity contribution >= 4 is 22.4 Å². The Bertz CT molecular complexity index is 785. The van der Waals surface area contributed by atoms with Crippen molar-refractivity contribution in [3.8, 4) is 11.5 Å². The first-order valence-electron chi connectivity index (χ1n) is 6.91. The van der Waals surface area contributed by atoms with Gasteiger partial charge in [0.2, 0.25) is 0 Å². The fourth-order valence-corrected chi connectivity index (χ4v) is 2.72. The fraction of sp³-hybridized carbons (Fsp3) is 0.133. The van der Waals surface area contributed by atoms with E-state index < -0.39 is 5.91 Å². The lowest BCUT2D eigenvalue weighted by Gasteiger charge is -2.02. The van der Waals surface area contributed by atoms with Gasteiger partial charge in [-0.05, 0) is 12.0 Å². The van der Waals surface area contributed by atoms with E-state index in [4.69, 9.17) is 9.73 Å². The Labute approximate surface area is 135 Å². The van der Waals surface area contributed by atoms with Crippen molar-refractivity contribution in [3.63, 3.8) is 0 Å². The van der Waals surface area contributed by atoms with Crippen LogP contribution in [0.5, 0.6) is 0 Å². The molecule has 0 saturated heterocycles. The van der Waals surface area contributed by atoms with Crippen LogP contribution in [-0.2, 0) is 6.42 Å². The highest BCUT2D eigenvalue weighted by atomic mass is 32.1. The van der Waals surface area contributed by atoms with E-state index in [0.717, 1.165) is 18.1 Å². The highest BCUT2D eigenvalue weighted by Crippen LogP contribution is 2.25. The van der Waals surface area contributed by atoms with Crippen LogP contribution in [0.2, 0.25) is 0 Å². The van der Waals surface area contributed by atoms with Gasteiger partial charge in [0, 0.05) is 18.0 Å². The Balaban J connectivity index is 1.59. The summed E-state index contributed by atoms with van der Waals surface area (Å²) in [4.78, 5) is 15.6. The van der Waals surface area contributed by atoms with E-state index in [2.05, 4.69) is 27.6 Å². The molecule has 118 valence electrons. The molecule has 0 atom stereocenters. The van der Waals surface area contributed by atoms with Crippen molar-refractivity contribution in [2.45, 2.75) is 6.42 Å². The first-order valence-corrected chi connectivity index (χ1v) is 7.79. The fourth-order valence-electron chi connectivity index (χ4n) is 1.99. The van der Waals surface area contributed by atoms with Gasteiger partial charge in [-0.25, -0.2) is 10.5 Å². The summed E-state index contributed by atoms with van der Waals surface area (Å²) in [6, 6.07) is 11.6. The van der Waals surface area contributed by atoms with Gasteiger partial charge >= 0.3 is 0 Å². The smallest absolute Gasteiger partial charge is 0.296 e. The monoisotopic (exact) mass is 330 g/mol. The van der Waals surface area contributed by atoms with Gasteiger partial charge in [-0.3, -0.25) is 10.0 Å². The second-order valence-corrected chi connectivity index (χ2v) is 5.58. The molecule has 3 aromatic rings. The lowest BCUT2D eigenvalue weighted by Crippen LogP contribution is -2.18. The van der Waals surface area contributed by atoms with E-state index in [1.807, 2.05) is 23.6 Å². The van der Waals surface area contributed by atoms with Crippen LogP contribution in [0.1, 0.15) is 16.1 Å². The summed E-state index contributed by atoms with van der Waals surface area (Å²) in [5.74, 6) is -0.354. The van der Waals surface area contributed by atoms with Crippen LogP contribution in [0.3, 0.4) is 0 Å². The number of hydrogen-bond donors (Lipinski definition) is 3. The minimum Gasteiger partial charge on any atom is -0.361 e. The molecule has 1 aromatic carbocycles. The number of hydroxylamine groups is 1. The maximum absolute atomic E-state index is 11.2. The molecule has 1 amide bonds. The standard InChI is InChI=1S/C15H14N4O3S/c20-14(18-21)11-8-13(22-19-11)12-9-23-15(17-12)16-7-6-10-4-2-1-3-5-10/h1-5,8-9,21H,6-7H2,(H,16,17)(H,18,20). The van der Waals surface area contributed by atoms with E-state index in [-0.39, 0.29) is 5.69 Å². The summed E-state index contributed by atoms with van der Waals surface area (Å²) in [6.45, 7) is 0.769. The van der Waals surface area contributed by atoms with Gasteiger partial charge in [0.15, 0.2) is 16.6 Å². The molecule has 0 bridgehead atoms. The normalized spacial score (nSPS) is 10.5. The van der Waals surface area contributed by atoms with Crippen molar-refractivity contribution < 1.29 is 14.5 Å². The summed E-state index contributed by atoms with van der Waals surface area (Å²) < 4.78 is 5.06. The molecule has 0 unspecified atom stereocenters. The van der Waals surface area contributed by atoms with E-state index in [9.17, 15) is 4.79 Å². The number of aromatic nitrogens is 2. The highest BCUT2D eigenvalue weighted by Gasteiger charge is 2.15. The molecule has 0 aliphatic rings. The van der Waals surface area contributed by atoms with Gasteiger partial charge in [0.1, 0.15) is 5.69 Å². The number of thiazole rings is 1. The Morgan fingerprint density at radius 1 is 1.30 bits per heavy atom. The van der Waals surface area contributed by atoms with Crippen molar-refractivity contribution in [2.75, 3.05) is 11.9 Å². The van der Waals surface area contributed by atoms with E-state index in [0.29, 0.717) is 11.5 Å². The van der Waals surface area contributed by atoms with E-state index >= 15 is 0 Å². The van der Waals surface area contributed by atoms with Crippen molar-refractivity contribution in [1.29, 1.82) is 0 Å². The van der Waals surface area contributed by atoms with Crippen LogP contribution < -0.4 is 10.8 Å². The minimum atomic E-state index is -0.726. The number of carbonyl (C=O) groups excluding carboxylic acids is 1. The van der Waals surface area contributed by atoms with Crippen molar-refractivity contribution in [1.82, 2.24) is 15.6 Å². The number of benzene rings is 1. The molecule has 0 spiro atoms. The molecule has 0 fully saturated rings. The molecule has 23 heavy (non-hydrogen) atoms. The average molecular weight is 330 g/mol. The van der Waals surface area contributed by atoms with Crippen molar-refractivity contribution in [3.05, 3.63) is 53.0 Å². The molecule has 0 aliphatic heterocycles. The summed E-state index contributed by atoms with van der Waals surface area (Å²) in [6.07, 6.45) is 0.902. The number of nitrogens with zero attached hydrogens (tertiary/aromatic N) is 2. The number of amides is 1. The van der Waals surface area contributed by atoms with Gasteiger partial charge in [-0.1, -0.05) is 35.5 Å². The summed E-state index contributed by atoms with van der Waals surface area (Å²) >= 11 is 1.44. The molecule has 7 nitrogen and oxygen atoms in total. The highest BCUT2D eigenvalue weighted by molar-refractivity contribution is 7.14. The minimum absolute atomic E-state index is 0.00548. The largest absolute Gasteiger partial charge is 0.361 e. The topological polar surface area (TPSA) is 100 Å². The number of nitrogens with one attached hydrogen (secondary N) is 2. The third kappa shape index (κ3) is 3.74. The predicted molar refractivity (Wildman–Crippen MR) is 85.5 cm³/mol. The molecule has 2 aromatic heterocycles. The Hall–Kier alpha value is -2.71. The van der Waals surface area contributed by atoms with Gasteiger partial charge in [-0.2, -0.15) is 0 Å². The van der Waals surface area contributed by atoms with E-state index in [1.54, 1.807) is 0 Å². The predicted octanol–water partition coefficient (Wildman–Crippen LogP) is 2.57. The van der Waals surface area contributed by atoms with Crippen LogP contribution in [0.4, 0.5) is 5.13 Å².